The first-order chi connectivity index (χ1) is 10.1. The van der Waals surface area contributed by atoms with Gasteiger partial charge < -0.3 is 9.88 Å². The molecule has 21 heavy (non-hydrogen) atoms. The van der Waals surface area contributed by atoms with Crippen LogP contribution in [-0.4, -0.2) is 20.7 Å². The molecule has 0 aliphatic rings. The van der Waals surface area contributed by atoms with E-state index in [9.17, 15) is 4.79 Å². The van der Waals surface area contributed by atoms with Crippen LogP contribution in [0.2, 0.25) is 0 Å². The number of H-pyrrole nitrogens is 1. The first kappa shape index (κ1) is 13.4. The lowest BCUT2D eigenvalue weighted by Gasteiger charge is -2.04. The van der Waals surface area contributed by atoms with Gasteiger partial charge >= 0.3 is 0 Å². The molecule has 1 aromatic carbocycles. The number of carbonyl (C=O) groups excluding carboxylic acids is 1. The van der Waals surface area contributed by atoms with Crippen LogP contribution in [0.15, 0.2) is 36.4 Å². The molecule has 0 spiro atoms. The Labute approximate surface area is 123 Å². The number of aromatic nitrogens is 3. The van der Waals surface area contributed by atoms with Crippen molar-refractivity contribution >= 4 is 22.6 Å². The summed E-state index contributed by atoms with van der Waals surface area (Å²) < 4.78 is 1.89. The number of aryl methyl sites for hydroxylation is 1. The number of amides is 1. The number of anilines is 1. The van der Waals surface area contributed by atoms with Crippen LogP contribution in [0.25, 0.3) is 10.9 Å². The number of aromatic amines is 1. The topological polar surface area (TPSA) is 62.7 Å². The molecule has 0 bridgehead atoms. The van der Waals surface area contributed by atoms with Crippen LogP contribution in [0.3, 0.4) is 0 Å². The monoisotopic (exact) mass is 282 g/mol. The lowest BCUT2D eigenvalue weighted by Crippen LogP contribution is -2.15. The molecule has 0 aliphatic carbocycles. The number of hydrogen-bond donors (Lipinski definition) is 2. The number of nitrogens with zero attached hydrogens (tertiary/aromatic N) is 2. The molecule has 0 atom stereocenters. The number of hydrogen-bond acceptors (Lipinski definition) is 2. The summed E-state index contributed by atoms with van der Waals surface area (Å²) in [4.78, 5) is 12.4. The molecule has 0 saturated carbocycles. The van der Waals surface area contributed by atoms with Gasteiger partial charge in [-0.15, -0.1) is 0 Å². The molecule has 0 fully saturated rings. The highest BCUT2D eigenvalue weighted by molar-refractivity contribution is 6.06. The molecule has 0 saturated heterocycles. The summed E-state index contributed by atoms with van der Waals surface area (Å²) in [7, 11) is 1.89. The third-order valence-electron chi connectivity index (χ3n) is 3.65. The van der Waals surface area contributed by atoms with Crippen molar-refractivity contribution in [3.05, 3.63) is 47.8 Å². The first-order valence-corrected chi connectivity index (χ1v) is 6.97. The van der Waals surface area contributed by atoms with E-state index in [0.29, 0.717) is 17.4 Å². The van der Waals surface area contributed by atoms with Gasteiger partial charge in [-0.1, -0.05) is 32.0 Å². The molecule has 0 unspecified atom stereocenters. The summed E-state index contributed by atoms with van der Waals surface area (Å²) in [6.07, 6.45) is 0. The van der Waals surface area contributed by atoms with Crippen LogP contribution >= 0.6 is 0 Å². The minimum absolute atomic E-state index is 0.157. The van der Waals surface area contributed by atoms with Crippen molar-refractivity contribution in [2.45, 2.75) is 19.8 Å². The van der Waals surface area contributed by atoms with Gasteiger partial charge in [0.1, 0.15) is 5.69 Å². The van der Waals surface area contributed by atoms with Crippen LogP contribution in [0.5, 0.6) is 0 Å². The minimum atomic E-state index is -0.157. The van der Waals surface area contributed by atoms with E-state index in [4.69, 9.17) is 0 Å². The molecule has 0 radical (unpaired) electrons. The van der Waals surface area contributed by atoms with Crippen LogP contribution in [-0.2, 0) is 7.05 Å². The Kier molecular flexibility index (Phi) is 3.25. The zero-order valence-corrected chi connectivity index (χ0v) is 12.3. The Hall–Kier alpha value is -2.56. The van der Waals surface area contributed by atoms with Crippen molar-refractivity contribution in [1.82, 2.24) is 14.8 Å². The highest BCUT2D eigenvalue weighted by Gasteiger charge is 2.14. The zero-order valence-electron chi connectivity index (χ0n) is 12.3. The third-order valence-corrected chi connectivity index (χ3v) is 3.65. The summed E-state index contributed by atoms with van der Waals surface area (Å²) in [5, 5.41) is 10.9. The number of benzene rings is 1. The molecule has 2 heterocycles. The molecule has 108 valence electrons. The fraction of sp³-hybridized carbons (Fsp3) is 0.250. The van der Waals surface area contributed by atoms with E-state index in [1.165, 1.54) is 0 Å². The maximum Gasteiger partial charge on any atom is 0.273 e. The van der Waals surface area contributed by atoms with Crippen molar-refractivity contribution < 1.29 is 4.79 Å². The van der Waals surface area contributed by atoms with Gasteiger partial charge in [-0.25, -0.2) is 0 Å². The predicted octanol–water partition coefficient (Wildman–Crippen LogP) is 3.28. The number of rotatable bonds is 3. The highest BCUT2D eigenvalue weighted by Crippen LogP contribution is 2.20. The minimum Gasteiger partial charge on any atom is -0.340 e. The molecule has 5 nitrogen and oxygen atoms in total. The molecule has 0 aliphatic heterocycles. The maximum absolute atomic E-state index is 12.4. The number of nitrogens with one attached hydrogen (secondary N) is 2. The van der Waals surface area contributed by atoms with Crippen molar-refractivity contribution in [1.29, 1.82) is 0 Å². The molecular formula is C16H18N4O. The molecule has 3 rings (SSSR count). The van der Waals surface area contributed by atoms with E-state index in [-0.39, 0.29) is 5.91 Å². The lowest BCUT2D eigenvalue weighted by molar-refractivity contribution is 0.101. The number of para-hydroxylation sites is 1. The summed E-state index contributed by atoms with van der Waals surface area (Å²) >= 11 is 0. The maximum atomic E-state index is 12.4. The van der Waals surface area contributed by atoms with E-state index >= 15 is 0 Å². The lowest BCUT2D eigenvalue weighted by atomic mass is 10.1. The molecule has 5 heteroatoms. The normalized spacial score (nSPS) is 11.2. The van der Waals surface area contributed by atoms with E-state index in [2.05, 4.69) is 29.4 Å². The Bertz CT molecular complexity index is 798. The standard InChI is InChI=1S/C16H18N4O/c1-10(2)12-9-15(19-18-12)17-16(21)14-8-11-6-4-5-7-13(11)20(14)3/h4-10H,1-3H3,(H2,17,18,19,21). The number of carbonyl (C=O) groups is 1. The summed E-state index contributed by atoms with van der Waals surface area (Å²) in [5.41, 5.74) is 2.65. The van der Waals surface area contributed by atoms with Gasteiger partial charge in [0.15, 0.2) is 5.82 Å². The first-order valence-electron chi connectivity index (χ1n) is 6.97. The molecule has 2 N–H and O–H groups in total. The van der Waals surface area contributed by atoms with Crippen LogP contribution < -0.4 is 5.32 Å². The van der Waals surface area contributed by atoms with Crippen LogP contribution in [0, 0.1) is 0 Å². The zero-order chi connectivity index (χ0) is 15.0. The highest BCUT2D eigenvalue weighted by atomic mass is 16.2. The summed E-state index contributed by atoms with van der Waals surface area (Å²) in [6, 6.07) is 11.7. The van der Waals surface area contributed by atoms with Crippen molar-refractivity contribution in [2.24, 2.45) is 7.05 Å². The van der Waals surface area contributed by atoms with Gasteiger partial charge in [0.05, 0.1) is 0 Å². The van der Waals surface area contributed by atoms with Crippen LogP contribution in [0.4, 0.5) is 5.82 Å². The Morgan fingerprint density at radius 3 is 2.71 bits per heavy atom. The summed E-state index contributed by atoms with van der Waals surface area (Å²) in [5.74, 6) is 0.741. The Morgan fingerprint density at radius 2 is 2.05 bits per heavy atom. The van der Waals surface area contributed by atoms with Crippen molar-refractivity contribution in [3.8, 4) is 0 Å². The smallest absolute Gasteiger partial charge is 0.273 e. The third kappa shape index (κ3) is 2.42. The van der Waals surface area contributed by atoms with Gasteiger partial charge in [0.2, 0.25) is 0 Å². The van der Waals surface area contributed by atoms with Gasteiger partial charge in [0, 0.05) is 29.7 Å². The van der Waals surface area contributed by atoms with Gasteiger partial charge in [-0.05, 0) is 18.1 Å². The molecule has 3 aromatic rings. The second-order valence-electron chi connectivity index (χ2n) is 5.46. The average Bonchev–Trinajstić information content (AvgIpc) is 3.05. The molecule has 1 amide bonds. The SMILES string of the molecule is CC(C)c1cc(NC(=O)c2cc3ccccc3n2C)n[nH]1. The average molecular weight is 282 g/mol. The van der Waals surface area contributed by atoms with Gasteiger partial charge in [-0.3, -0.25) is 9.89 Å². The van der Waals surface area contributed by atoms with E-state index in [1.807, 2.05) is 48.0 Å². The van der Waals surface area contributed by atoms with E-state index in [1.54, 1.807) is 0 Å². The largest absolute Gasteiger partial charge is 0.340 e. The summed E-state index contributed by atoms with van der Waals surface area (Å²) in [6.45, 7) is 4.14. The molecule has 2 aromatic heterocycles. The van der Waals surface area contributed by atoms with Gasteiger partial charge in [0.25, 0.3) is 5.91 Å². The Morgan fingerprint density at radius 1 is 1.29 bits per heavy atom. The second-order valence-corrected chi connectivity index (χ2v) is 5.46. The van der Waals surface area contributed by atoms with Crippen molar-refractivity contribution in [2.75, 3.05) is 5.32 Å². The predicted molar refractivity (Wildman–Crippen MR) is 83.5 cm³/mol. The second kappa shape index (κ2) is 5.09. The Balaban J connectivity index is 1.88. The number of fused-ring (bicyclic) bond motifs is 1. The van der Waals surface area contributed by atoms with Gasteiger partial charge in [-0.2, -0.15) is 5.10 Å². The quantitative estimate of drug-likeness (QED) is 0.774. The van der Waals surface area contributed by atoms with Crippen LogP contribution in [0.1, 0.15) is 35.9 Å². The van der Waals surface area contributed by atoms with E-state index < -0.39 is 0 Å². The van der Waals surface area contributed by atoms with Crippen molar-refractivity contribution in [3.63, 3.8) is 0 Å². The fourth-order valence-electron chi connectivity index (χ4n) is 2.38. The molecular weight excluding hydrogens is 264 g/mol. The van der Waals surface area contributed by atoms with E-state index in [0.717, 1.165) is 16.6 Å². The fourth-order valence-corrected chi connectivity index (χ4v) is 2.38.